The van der Waals surface area contributed by atoms with Gasteiger partial charge in [0.15, 0.2) is 0 Å². The molecule has 0 aromatic carbocycles. The zero-order valence-electron chi connectivity index (χ0n) is 12.7. The van der Waals surface area contributed by atoms with E-state index < -0.39 is 0 Å². The normalized spacial score (nSPS) is 27.1. The molecule has 118 valence electrons. The van der Waals surface area contributed by atoms with Gasteiger partial charge >= 0.3 is 0 Å². The molecule has 2 fully saturated rings. The zero-order valence-corrected chi connectivity index (χ0v) is 13.5. The number of amides is 1. The van der Waals surface area contributed by atoms with Crippen LogP contribution in [0.2, 0.25) is 0 Å². The van der Waals surface area contributed by atoms with Crippen LogP contribution in [0.5, 0.6) is 0 Å². The fourth-order valence-corrected chi connectivity index (χ4v) is 3.19. The van der Waals surface area contributed by atoms with Gasteiger partial charge in [-0.05, 0) is 64.1 Å². The molecule has 0 aromatic heterocycles. The average Bonchev–Trinajstić information content (AvgIpc) is 2.92. The summed E-state index contributed by atoms with van der Waals surface area (Å²) in [7, 11) is 0. The summed E-state index contributed by atoms with van der Waals surface area (Å²) in [5, 5.41) is 6.28. The first-order valence-corrected chi connectivity index (χ1v) is 7.99. The molecule has 0 radical (unpaired) electrons. The molecule has 20 heavy (non-hydrogen) atoms. The van der Waals surface area contributed by atoms with Crippen molar-refractivity contribution in [3.05, 3.63) is 0 Å². The summed E-state index contributed by atoms with van der Waals surface area (Å²) >= 11 is 0. The molecule has 2 N–H and O–H groups in total. The van der Waals surface area contributed by atoms with E-state index in [4.69, 9.17) is 0 Å². The molecule has 2 heterocycles. The van der Waals surface area contributed by atoms with E-state index >= 15 is 0 Å². The van der Waals surface area contributed by atoms with Gasteiger partial charge in [-0.2, -0.15) is 0 Å². The SMILES string of the molecule is CC1CCCN(CCCCNC(=O)C2CCCN2)C1.Cl. The summed E-state index contributed by atoms with van der Waals surface area (Å²) in [4.78, 5) is 14.3. The summed E-state index contributed by atoms with van der Waals surface area (Å²) in [5.74, 6) is 1.06. The standard InChI is InChI=1S/C15H29N3O.ClH/c1-13-6-5-11-18(12-13)10-3-2-8-17-15(19)14-7-4-9-16-14;/h13-14,16H,2-12H2,1H3,(H,17,19);1H. The van der Waals surface area contributed by atoms with Gasteiger partial charge in [-0.25, -0.2) is 0 Å². The van der Waals surface area contributed by atoms with Crippen molar-refractivity contribution in [2.45, 2.75) is 51.5 Å². The topological polar surface area (TPSA) is 44.4 Å². The maximum atomic E-state index is 11.8. The number of carbonyl (C=O) groups is 1. The highest BCUT2D eigenvalue weighted by Gasteiger charge is 2.21. The number of unbranched alkanes of at least 4 members (excludes halogenated alkanes) is 1. The summed E-state index contributed by atoms with van der Waals surface area (Å²) in [6.07, 6.45) is 7.17. The average molecular weight is 304 g/mol. The van der Waals surface area contributed by atoms with Crippen LogP contribution in [0.4, 0.5) is 0 Å². The number of hydrogen-bond acceptors (Lipinski definition) is 3. The van der Waals surface area contributed by atoms with Crippen molar-refractivity contribution >= 4 is 18.3 Å². The van der Waals surface area contributed by atoms with E-state index in [0.717, 1.165) is 38.3 Å². The van der Waals surface area contributed by atoms with Crippen molar-refractivity contribution in [1.29, 1.82) is 0 Å². The Kier molecular flexibility index (Phi) is 8.50. The van der Waals surface area contributed by atoms with Gasteiger partial charge in [0, 0.05) is 13.1 Å². The second-order valence-corrected chi connectivity index (χ2v) is 6.20. The molecule has 5 heteroatoms. The van der Waals surface area contributed by atoms with E-state index in [2.05, 4.69) is 22.5 Å². The van der Waals surface area contributed by atoms with Crippen LogP contribution in [0.1, 0.15) is 45.4 Å². The third-order valence-electron chi connectivity index (χ3n) is 4.32. The minimum Gasteiger partial charge on any atom is -0.355 e. The Bertz CT molecular complexity index is 282. The molecular weight excluding hydrogens is 274 g/mol. The number of piperidine rings is 1. The Labute approximate surface area is 129 Å². The molecule has 2 saturated heterocycles. The van der Waals surface area contributed by atoms with E-state index in [0.29, 0.717) is 0 Å². The zero-order chi connectivity index (χ0) is 13.5. The van der Waals surface area contributed by atoms with Gasteiger partial charge in [-0.1, -0.05) is 6.92 Å². The van der Waals surface area contributed by atoms with Crippen molar-refractivity contribution in [2.24, 2.45) is 5.92 Å². The molecule has 2 rings (SSSR count). The molecule has 0 spiro atoms. The van der Waals surface area contributed by atoms with E-state index in [1.807, 2.05) is 0 Å². The van der Waals surface area contributed by atoms with Gasteiger partial charge in [-0.3, -0.25) is 4.79 Å². The number of likely N-dealkylation sites (tertiary alicyclic amines) is 1. The molecule has 0 saturated carbocycles. The van der Waals surface area contributed by atoms with Crippen molar-refractivity contribution in [2.75, 3.05) is 32.7 Å². The summed E-state index contributed by atoms with van der Waals surface area (Å²) in [6.45, 7) is 7.90. The Morgan fingerprint density at radius 3 is 2.85 bits per heavy atom. The van der Waals surface area contributed by atoms with Gasteiger partial charge in [0.1, 0.15) is 0 Å². The number of hydrogen-bond donors (Lipinski definition) is 2. The fraction of sp³-hybridized carbons (Fsp3) is 0.933. The minimum absolute atomic E-state index is 0. The lowest BCUT2D eigenvalue weighted by atomic mass is 10.0. The molecule has 4 nitrogen and oxygen atoms in total. The summed E-state index contributed by atoms with van der Waals surface area (Å²) < 4.78 is 0. The number of nitrogens with zero attached hydrogens (tertiary/aromatic N) is 1. The lowest BCUT2D eigenvalue weighted by Gasteiger charge is -2.30. The lowest BCUT2D eigenvalue weighted by molar-refractivity contribution is -0.122. The van der Waals surface area contributed by atoms with Gasteiger partial charge in [0.05, 0.1) is 6.04 Å². The Morgan fingerprint density at radius 1 is 1.30 bits per heavy atom. The molecule has 1 amide bonds. The molecule has 0 bridgehead atoms. The Balaban J connectivity index is 0.00000200. The predicted octanol–water partition coefficient (Wildman–Crippen LogP) is 1.79. The smallest absolute Gasteiger partial charge is 0.237 e. The summed E-state index contributed by atoms with van der Waals surface area (Å²) in [5.41, 5.74) is 0. The first kappa shape index (κ1) is 17.7. The Morgan fingerprint density at radius 2 is 2.15 bits per heavy atom. The van der Waals surface area contributed by atoms with E-state index in [9.17, 15) is 4.79 Å². The molecule has 2 atom stereocenters. The highest BCUT2D eigenvalue weighted by molar-refractivity contribution is 5.85. The van der Waals surface area contributed by atoms with Crippen LogP contribution in [0.3, 0.4) is 0 Å². The first-order valence-electron chi connectivity index (χ1n) is 7.99. The van der Waals surface area contributed by atoms with Crippen molar-refractivity contribution in [3.63, 3.8) is 0 Å². The number of carbonyl (C=O) groups excluding carboxylic acids is 1. The maximum absolute atomic E-state index is 11.8. The maximum Gasteiger partial charge on any atom is 0.237 e. The number of halogens is 1. The van der Waals surface area contributed by atoms with Crippen molar-refractivity contribution < 1.29 is 4.79 Å². The third kappa shape index (κ3) is 5.98. The third-order valence-corrected chi connectivity index (χ3v) is 4.32. The van der Waals surface area contributed by atoms with Crippen LogP contribution in [0, 0.1) is 5.92 Å². The van der Waals surface area contributed by atoms with Crippen LogP contribution in [-0.2, 0) is 4.79 Å². The van der Waals surface area contributed by atoms with Gasteiger partial charge in [0.2, 0.25) is 5.91 Å². The molecule has 2 aliphatic rings. The number of rotatable bonds is 6. The lowest BCUT2D eigenvalue weighted by Crippen LogP contribution is -2.41. The van der Waals surface area contributed by atoms with Crippen LogP contribution in [0.25, 0.3) is 0 Å². The van der Waals surface area contributed by atoms with Gasteiger partial charge < -0.3 is 15.5 Å². The molecule has 0 aromatic rings. The van der Waals surface area contributed by atoms with Gasteiger partial charge in [0.25, 0.3) is 0 Å². The molecule has 2 unspecified atom stereocenters. The van der Waals surface area contributed by atoms with E-state index in [1.165, 1.54) is 38.9 Å². The number of nitrogens with one attached hydrogen (secondary N) is 2. The second kappa shape index (κ2) is 9.59. The first-order chi connectivity index (χ1) is 9.25. The Hall–Kier alpha value is -0.320. The largest absolute Gasteiger partial charge is 0.355 e. The highest BCUT2D eigenvalue weighted by Crippen LogP contribution is 2.15. The van der Waals surface area contributed by atoms with Crippen LogP contribution in [-0.4, -0.2) is 49.6 Å². The fourth-order valence-electron chi connectivity index (χ4n) is 3.19. The summed E-state index contributed by atoms with van der Waals surface area (Å²) in [6, 6.07) is 0.0722. The highest BCUT2D eigenvalue weighted by atomic mass is 35.5. The van der Waals surface area contributed by atoms with Crippen molar-refractivity contribution in [3.8, 4) is 0 Å². The predicted molar refractivity (Wildman–Crippen MR) is 85.4 cm³/mol. The van der Waals surface area contributed by atoms with Crippen LogP contribution >= 0.6 is 12.4 Å². The van der Waals surface area contributed by atoms with Crippen LogP contribution in [0.15, 0.2) is 0 Å². The second-order valence-electron chi connectivity index (χ2n) is 6.20. The van der Waals surface area contributed by atoms with E-state index in [-0.39, 0.29) is 24.4 Å². The monoisotopic (exact) mass is 303 g/mol. The van der Waals surface area contributed by atoms with Crippen molar-refractivity contribution in [1.82, 2.24) is 15.5 Å². The quantitative estimate of drug-likeness (QED) is 0.735. The molecule has 2 aliphatic heterocycles. The van der Waals surface area contributed by atoms with E-state index in [1.54, 1.807) is 0 Å². The van der Waals surface area contributed by atoms with Crippen LogP contribution < -0.4 is 10.6 Å². The molecule has 0 aliphatic carbocycles. The minimum atomic E-state index is 0. The molecular formula is C15H30ClN3O. The van der Waals surface area contributed by atoms with Gasteiger partial charge in [-0.15, -0.1) is 12.4 Å².